The maximum Gasteiger partial charge on any atom is 0.430 e. The molecular formula is C27H23F7N2O4S. The largest absolute Gasteiger partial charge is 0.430 e. The summed E-state index contributed by atoms with van der Waals surface area (Å²) in [6.45, 7) is 1.57. The number of sulfonamides is 1. The molecule has 1 N–H and O–H groups in total. The summed E-state index contributed by atoms with van der Waals surface area (Å²) >= 11 is 0. The molecule has 0 amide bonds. The molecule has 0 fully saturated rings. The van der Waals surface area contributed by atoms with Crippen LogP contribution in [0.5, 0.6) is 5.75 Å². The second kappa shape index (κ2) is 11.0. The number of halogens is 7. The van der Waals surface area contributed by atoms with Gasteiger partial charge in [-0.05, 0) is 67.8 Å². The van der Waals surface area contributed by atoms with E-state index < -0.39 is 45.4 Å². The maximum atomic E-state index is 13.8. The molecule has 0 bridgehead atoms. The number of anilines is 1. The van der Waals surface area contributed by atoms with E-state index >= 15 is 0 Å². The minimum Gasteiger partial charge on any atom is -0.369 e. The minimum absolute atomic E-state index is 0.0104. The van der Waals surface area contributed by atoms with Crippen molar-refractivity contribution in [3.05, 3.63) is 89.7 Å². The summed E-state index contributed by atoms with van der Waals surface area (Å²) in [5.41, 5.74) is -6.67. The fourth-order valence-corrected chi connectivity index (χ4v) is 6.29. The number of nitrogens with zero attached hydrogens (tertiary/aromatic N) is 2. The Bertz CT molecular complexity index is 1510. The highest BCUT2D eigenvalue weighted by Crippen LogP contribution is 2.51. The predicted molar refractivity (Wildman–Crippen MR) is 135 cm³/mol. The van der Waals surface area contributed by atoms with Crippen LogP contribution >= 0.6 is 0 Å². The summed E-state index contributed by atoms with van der Waals surface area (Å²) in [5.74, 6) is -0.310. The lowest BCUT2D eigenvalue weighted by atomic mass is 9.87. The molecule has 1 heterocycles. The van der Waals surface area contributed by atoms with Crippen LogP contribution in [-0.2, 0) is 22.0 Å². The molecule has 4 rings (SSSR count). The highest BCUT2D eigenvalue weighted by molar-refractivity contribution is 7.92. The molecule has 3 aromatic carbocycles. The van der Waals surface area contributed by atoms with Crippen molar-refractivity contribution in [3.8, 4) is 5.75 Å². The van der Waals surface area contributed by atoms with E-state index in [0.717, 1.165) is 34.6 Å². The summed E-state index contributed by atoms with van der Waals surface area (Å²) in [6, 6.07) is 13.1. The Hall–Kier alpha value is -3.65. The van der Waals surface area contributed by atoms with Crippen LogP contribution in [-0.4, -0.2) is 37.6 Å². The van der Waals surface area contributed by atoms with E-state index in [1.165, 1.54) is 0 Å². The molecular weight excluding hydrogens is 581 g/mol. The Kier molecular flexibility index (Phi) is 8.11. The van der Waals surface area contributed by atoms with Crippen molar-refractivity contribution in [1.82, 2.24) is 0 Å². The van der Waals surface area contributed by atoms with E-state index in [-0.39, 0.29) is 35.4 Å². The van der Waals surface area contributed by atoms with Crippen LogP contribution in [0.4, 0.5) is 36.4 Å². The summed E-state index contributed by atoms with van der Waals surface area (Å²) in [5, 5.41) is 13.9. The van der Waals surface area contributed by atoms with Crippen molar-refractivity contribution in [2.75, 3.05) is 4.31 Å². The molecule has 0 saturated carbocycles. The average molecular weight is 605 g/mol. The molecule has 1 aliphatic rings. The lowest BCUT2D eigenvalue weighted by Crippen LogP contribution is -2.54. The SMILES string of the molecule is CC(CC1CCc2cc(C(O)(C(F)(F)F)C(F)(F)F)ccc2N1S(=O)(=O)c1ccc(F)cc1)=NOc1ccccc1. The first-order valence-electron chi connectivity index (χ1n) is 12.1. The molecule has 1 atom stereocenters. The summed E-state index contributed by atoms with van der Waals surface area (Å²) in [6.07, 6.45) is -12.4. The first-order valence-corrected chi connectivity index (χ1v) is 13.5. The van der Waals surface area contributed by atoms with Gasteiger partial charge in [-0.3, -0.25) is 4.31 Å². The molecule has 1 unspecified atom stereocenters. The Labute approximate surface area is 230 Å². The number of hydrogen-bond acceptors (Lipinski definition) is 5. The number of para-hydroxylation sites is 1. The van der Waals surface area contributed by atoms with Gasteiger partial charge < -0.3 is 9.94 Å². The van der Waals surface area contributed by atoms with Crippen molar-refractivity contribution < 1.29 is 49.1 Å². The molecule has 6 nitrogen and oxygen atoms in total. The summed E-state index contributed by atoms with van der Waals surface area (Å²) in [7, 11) is -4.50. The molecule has 14 heteroatoms. The van der Waals surface area contributed by atoms with Crippen molar-refractivity contribution in [3.63, 3.8) is 0 Å². The third-order valence-corrected chi connectivity index (χ3v) is 8.47. The fourth-order valence-electron chi connectivity index (χ4n) is 4.57. The number of rotatable bonds is 7. The second-order valence-electron chi connectivity index (χ2n) is 9.43. The van der Waals surface area contributed by atoms with Crippen LogP contribution < -0.4 is 9.14 Å². The summed E-state index contributed by atoms with van der Waals surface area (Å²) in [4.78, 5) is 5.00. The van der Waals surface area contributed by atoms with Gasteiger partial charge in [0, 0.05) is 12.0 Å². The molecule has 220 valence electrons. The Morgan fingerprint density at radius 1 is 0.976 bits per heavy atom. The van der Waals surface area contributed by atoms with E-state index in [4.69, 9.17) is 4.84 Å². The number of benzene rings is 3. The standard InChI is InChI=1S/C27H23F7N2O4S/c1-17(35-40-22-5-3-2-4-6-22)15-21-11-7-18-16-19(25(37,26(29,30)31)27(32,33)34)8-14-24(18)36(21)41(38,39)23-12-9-20(28)10-13-23/h2-6,8-10,12-14,16,21,37H,7,11,15H2,1H3. The predicted octanol–water partition coefficient (Wildman–Crippen LogP) is 6.49. The van der Waals surface area contributed by atoms with Crippen LogP contribution in [0.2, 0.25) is 0 Å². The van der Waals surface area contributed by atoms with Crippen LogP contribution in [0, 0.1) is 5.82 Å². The molecule has 0 radical (unpaired) electrons. The quantitative estimate of drug-likeness (QED) is 0.190. The van der Waals surface area contributed by atoms with Gasteiger partial charge in [0.2, 0.25) is 0 Å². The van der Waals surface area contributed by atoms with Crippen LogP contribution in [0.15, 0.2) is 82.8 Å². The molecule has 1 aliphatic heterocycles. The van der Waals surface area contributed by atoms with E-state index in [9.17, 15) is 44.3 Å². The highest BCUT2D eigenvalue weighted by atomic mass is 32.2. The average Bonchev–Trinajstić information content (AvgIpc) is 2.90. The third kappa shape index (κ3) is 5.89. The monoisotopic (exact) mass is 604 g/mol. The number of alkyl halides is 6. The van der Waals surface area contributed by atoms with Gasteiger partial charge in [-0.2, -0.15) is 26.3 Å². The van der Waals surface area contributed by atoms with Gasteiger partial charge in [0.25, 0.3) is 15.6 Å². The second-order valence-corrected chi connectivity index (χ2v) is 11.2. The van der Waals surface area contributed by atoms with Gasteiger partial charge in [0.15, 0.2) is 5.75 Å². The van der Waals surface area contributed by atoms with Crippen molar-refractivity contribution in [2.24, 2.45) is 5.16 Å². The van der Waals surface area contributed by atoms with Gasteiger partial charge in [0.1, 0.15) is 5.82 Å². The number of hydrogen-bond donors (Lipinski definition) is 1. The molecule has 0 spiro atoms. The third-order valence-electron chi connectivity index (χ3n) is 6.59. The fraction of sp³-hybridized carbons (Fsp3) is 0.296. The molecule has 0 aliphatic carbocycles. The van der Waals surface area contributed by atoms with Gasteiger partial charge >= 0.3 is 12.4 Å². The molecule has 0 saturated heterocycles. The Morgan fingerprint density at radius 2 is 1.59 bits per heavy atom. The van der Waals surface area contributed by atoms with Crippen LogP contribution in [0.3, 0.4) is 0 Å². The number of fused-ring (bicyclic) bond motifs is 1. The maximum absolute atomic E-state index is 13.8. The number of oxime groups is 1. The smallest absolute Gasteiger partial charge is 0.369 e. The lowest BCUT2D eigenvalue weighted by Gasteiger charge is -2.39. The van der Waals surface area contributed by atoms with Crippen LogP contribution in [0.25, 0.3) is 0 Å². The molecule has 3 aromatic rings. The first-order chi connectivity index (χ1) is 19.1. The number of aryl methyl sites for hydroxylation is 1. The molecule has 0 aromatic heterocycles. The van der Waals surface area contributed by atoms with Gasteiger partial charge in [-0.25, -0.2) is 12.8 Å². The normalized spacial score (nSPS) is 16.9. The minimum atomic E-state index is -6.11. The zero-order valence-corrected chi connectivity index (χ0v) is 22.1. The zero-order valence-electron chi connectivity index (χ0n) is 21.2. The van der Waals surface area contributed by atoms with Crippen molar-refractivity contribution >= 4 is 21.4 Å². The van der Waals surface area contributed by atoms with Crippen LogP contribution in [0.1, 0.15) is 30.9 Å². The zero-order chi connectivity index (χ0) is 30.2. The van der Waals surface area contributed by atoms with E-state index in [1.807, 2.05) is 0 Å². The lowest BCUT2D eigenvalue weighted by molar-refractivity contribution is -0.376. The number of aliphatic hydroxyl groups is 1. The van der Waals surface area contributed by atoms with Crippen molar-refractivity contribution in [1.29, 1.82) is 0 Å². The van der Waals surface area contributed by atoms with Crippen molar-refractivity contribution in [2.45, 2.75) is 55.1 Å². The molecule has 41 heavy (non-hydrogen) atoms. The Morgan fingerprint density at radius 3 is 2.17 bits per heavy atom. The van der Waals surface area contributed by atoms with Gasteiger partial charge in [-0.15, -0.1) is 0 Å². The first kappa shape index (κ1) is 30.3. The van der Waals surface area contributed by atoms with Gasteiger partial charge in [0.05, 0.1) is 22.3 Å². The highest BCUT2D eigenvalue weighted by Gasteiger charge is 2.71. The Balaban J connectivity index is 1.78. The summed E-state index contributed by atoms with van der Waals surface area (Å²) < 4.78 is 123. The van der Waals surface area contributed by atoms with E-state index in [0.29, 0.717) is 23.6 Å². The van der Waals surface area contributed by atoms with Gasteiger partial charge in [-0.1, -0.05) is 35.5 Å². The topological polar surface area (TPSA) is 79.2 Å². The van der Waals surface area contributed by atoms with E-state index in [2.05, 4.69) is 5.16 Å². The van der Waals surface area contributed by atoms with E-state index in [1.54, 1.807) is 37.3 Å².